The molecule has 0 N–H and O–H groups in total. The number of benzene rings is 2. The summed E-state index contributed by atoms with van der Waals surface area (Å²) in [6.45, 7) is 1.77. The van der Waals surface area contributed by atoms with Gasteiger partial charge in [0.2, 0.25) is 0 Å². The molecule has 0 bridgehead atoms. The van der Waals surface area contributed by atoms with E-state index in [9.17, 15) is 0 Å². The first-order chi connectivity index (χ1) is 8.65. The number of hydrogen-bond acceptors (Lipinski definition) is 1. The molecule has 0 amide bonds. The smallest absolute Gasteiger partial charge is 0.0451 e. The Morgan fingerprint density at radius 1 is 1.00 bits per heavy atom. The van der Waals surface area contributed by atoms with Gasteiger partial charge in [0.15, 0.2) is 0 Å². The van der Waals surface area contributed by atoms with Gasteiger partial charge in [0.1, 0.15) is 0 Å². The van der Waals surface area contributed by atoms with E-state index >= 15 is 0 Å². The minimum atomic E-state index is 0.833. The average molecular weight is 325 g/mol. The van der Waals surface area contributed by atoms with E-state index in [1.807, 2.05) is 18.2 Å². The van der Waals surface area contributed by atoms with E-state index in [0.717, 1.165) is 22.6 Å². The molecule has 3 heteroatoms. The SMILES string of the molecule is CN(Cc1ccc(Br)cc1)Cc1ccccc1Cl. The van der Waals surface area contributed by atoms with E-state index < -0.39 is 0 Å². The molecule has 2 rings (SSSR count). The maximum atomic E-state index is 6.16. The molecule has 0 unspecified atom stereocenters. The molecule has 0 radical (unpaired) electrons. The van der Waals surface area contributed by atoms with Gasteiger partial charge in [-0.05, 0) is 36.4 Å². The monoisotopic (exact) mass is 323 g/mol. The van der Waals surface area contributed by atoms with Crippen LogP contribution < -0.4 is 0 Å². The highest BCUT2D eigenvalue weighted by molar-refractivity contribution is 9.10. The molecule has 2 aromatic rings. The summed E-state index contributed by atoms with van der Waals surface area (Å²) in [6, 6.07) is 16.4. The van der Waals surface area contributed by atoms with Crippen molar-refractivity contribution in [3.8, 4) is 0 Å². The largest absolute Gasteiger partial charge is 0.298 e. The zero-order valence-electron chi connectivity index (χ0n) is 10.2. The third kappa shape index (κ3) is 3.84. The lowest BCUT2D eigenvalue weighted by atomic mass is 10.2. The van der Waals surface area contributed by atoms with Gasteiger partial charge < -0.3 is 0 Å². The van der Waals surface area contributed by atoms with Crippen molar-refractivity contribution in [1.82, 2.24) is 4.90 Å². The standard InChI is InChI=1S/C15H15BrClN/c1-18(10-12-6-8-14(16)9-7-12)11-13-4-2-3-5-15(13)17/h2-9H,10-11H2,1H3. The van der Waals surface area contributed by atoms with E-state index in [0.29, 0.717) is 0 Å². The molecule has 2 aromatic carbocycles. The zero-order valence-corrected chi connectivity index (χ0v) is 12.6. The van der Waals surface area contributed by atoms with Gasteiger partial charge in [0, 0.05) is 22.6 Å². The van der Waals surface area contributed by atoms with Gasteiger partial charge in [0.05, 0.1) is 0 Å². The second-order valence-corrected chi connectivity index (χ2v) is 5.71. The van der Waals surface area contributed by atoms with E-state index in [1.165, 1.54) is 11.1 Å². The summed E-state index contributed by atoms with van der Waals surface area (Å²) < 4.78 is 1.11. The van der Waals surface area contributed by atoms with E-state index in [1.54, 1.807) is 0 Å². The van der Waals surface area contributed by atoms with Crippen molar-refractivity contribution in [3.05, 3.63) is 69.2 Å². The molecule has 0 aromatic heterocycles. The van der Waals surface area contributed by atoms with Crippen molar-refractivity contribution in [2.24, 2.45) is 0 Å². The third-order valence-corrected chi connectivity index (χ3v) is 3.66. The highest BCUT2D eigenvalue weighted by Crippen LogP contribution is 2.18. The van der Waals surface area contributed by atoms with Crippen LogP contribution in [0.15, 0.2) is 53.0 Å². The normalized spacial score (nSPS) is 10.9. The van der Waals surface area contributed by atoms with Crippen LogP contribution in [0.2, 0.25) is 5.02 Å². The van der Waals surface area contributed by atoms with Crippen molar-refractivity contribution in [2.45, 2.75) is 13.1 Å². The molecule has 0 spiro atoms. The molecule has 1 nitrogen and oxygen atoms in total. The lowest BCUT2D eigenvalue weighted by Gasteiger charge is -2.17. The lowest BCUT2D eigenvalue weighted by Crippen LogP contribution is -2.17. The minimum Gasteiger partial charge on any atom is -0.298 e. The van der Waals surface area contributed by atoms with Gasteiger partial charge in [-0.15, -0.1) is 0 Å². The minimum absolute atomic E-state index is 0.833. The first-order valence-electron chi connectivity index (χ1n) is 5.81. The number of nitrogens with zero attached hydrogens (tertiary/aromatic N) is 1. The van der Waals surface area contributed by atoms with Crippen molar-refractivity contribution in [3.63, 3.8) is 0 Å². The first kappa shape index (κ1) is 13.6. The van der Waals surface area contributed by atoms with Crippen LogP contribution in [0, 0.1) is 0 Å². The van der Waals surface area contributed by atoms with Gasteiger partial charge >= 0.3 is 0 Å². The number of hydrogen-bond donors (Lipinski definition) is 0. The Hall–Kier alpha value is -0.830. The number of halogens is 2. The summed E-state index contributed by atoms with van der Waals surface area (Å²) in [5.41, 5.74) is 2.46. The quantitative estimate of drug-likeness (QED) is 0.785. The Bertz CT molecular complexity index is 510. The van der Waals surface area contributed by atoms with Crippen LogP contribution in [-0.4, -0.2) is 11.9 Å². The predicted octanol–water partition coefficient (Wildman–Crippen LogP) is 4.73. The molecule has 0 aliphatic carbocycles. The first-order valence-corrected chi connectivity index (χ1v) is 6.98. The Balaban J connectivity index is 1.99. The molecule has 18 heavy (non-hydrogen) atoms. The summed E-state index contributed by atoms with van der Waals surface area (Å²) in [5.74, 6) is 0. The Morgan fingerprint density at radius 2 is 1.67 bits per heavy atom. The maximum absolute atomic E-state index is 6.16. The number of rotatable bonds is 4. The molecular formula is C15H15BrClN. The third-order valence-electron chi connectivity index (χ3n) is 2.76. The molecule has 0 aliphatic rings. The van der Waals surface area contributed by atoms with Crippen molar-refractivity contribution >= 4 is 27.5 Å². The second kappa shape index (κ2) is 6.37. The molecule has 0 atom stereocenters. The highest BCUT2D eigenvalue weighted by Gasteiger charge is 2.04. The van der Waals surface area contributed by atoms with Crippen LogP contribution in [0.1, 0.15) is 11.1 Å². The van der Waals surface area contributed by atoms with Gasteiger partial charge in [-0.1, -0.05) is 57.9 Å². The summed E-state index contributed by atoms with van der Waals surface area (Å²) in [4.78, 5) is 2.25. The second-order valence-electron chi connectivity index (χ2n) is 4.39. The van der Waals surface area contributed by atoms with Gasteiger partial charge in [-0.3, -0.25) is 4.90 Å². The summed E-state index contributed by atoms with van der Waals surface area (Å²) in [5, 5.41) is 0.833. The van der Waals surface area contributed by atoms with Crippen LogP contribution >= 0.6 is 27.5 Å². The fourth-order valence-corrected chi connectivity index (χ4v) is 2.33. The summed E-state index contributed by atoms with van der Waals surface area (Å²) in [7, 11) is 2.10. The van der Waals surface area contributed by atoms with Crippen LogP contribution in [0.25, 0.3) is 0 Å². The molecular weight excluding hydrogens is 310 g/mol. The Morgan fingerprint density at radius 3 is 2.33 bits per heavy atom. The van der Waals surface area contributed by atoms with E-state index in [-0.39, 0.29) is 0 Å². The van der Waals surface area contributed by atoms with Crippen molar-refractivity contribution in [2.75, 3.05) is 7.05 Å². The zero-order chi connectivity index (χ0) is 13.0. The molecule has 0 aliphatic heterocycles. The van der Waals surface area contributed by atoms with Crippen LogP contribution in [0.5, 0.6) is 0 Å². The van der Waals surface area contributed by atoms with Crippen LogP contribution in [0.4, 0.5) is 0 Å². The summed E-state index contributed by atoms with van der Waals surface area (Å²) >= 11 is 9.60. The molecule has 0 saturated carbocycles. The fraction of sp³-hybridized carbons (Fsp3) is 0.200. The Kier molecular flexibility index (Phi) is 4.81. The van der Waals surface area contributed by atoms with Gasteiger partial charge in [0.25, 0.3) is 0 Å². The lowest BCUT2D eigenvalue weighted by molar-refractivity contribution is 0.319. The topological polar surface area (TPSA) is 3.24 Å². The predicted molar refractivity (Wildman–Crippen MR) is 80.8 cm³/mol. The maximum Gasteiger partial charge on any atom is 0.0451 e. The molecule has 0 saturated heterocycles. The molecule has 0 heterocycles. The van der Waals surface area contributed by atoms with Crippen LogP contribution in [0.3, 0.4) is 0 Å². The average Bonchev–Trinajstić information content (AvgIpc) is 2.35. The van der Waals surface area contributed by atoms with Gasteiger partial charge in [-0.25, -0.2) is 0 Å². The fourth-order valence-electron chi connectivity index (χ4n) is 1.87. The van der Waals surface area contributed by atoms with Crippen molar-refractivity contribution in [1.29, 1.82) is 0 Å². The van der Waals surface area contributed by atoms with Crippen LogP contribution in [-0.2, 0) is 13.1 Å². The van der Waals surface area contributed by atoms with E-state index in [2.05, 4.69) is 58.2 Å². The summed E-state index contributed by atoms with van der Waals surface area (Å²) in [6.07, 6.45) is 0. The highest BCUT2D eigenvalue weighted by atomic mass is 79.9. The van der Waals surface area contributed by atoms with Gasteiger partial charge in [-0.2, -0.15) is 0 Å². The Labute approximate surface area is 122 Å². The molecule has 0 fully saturated rings. The van der Waals surface area contributed by atoms with E-state index in [4.69, 9.17) is 11.6 Å². The molecule has 94 valence electrons. The van der Waals surface area contributed by atoms with Crippen molar-refractivity contribution < 1.29 is 0 Å².